The number of piperidine rings is 1. The average molecular weight is 271 g/mol. The molecule has 0 saturated carbocycles. The maximum atomic E-state index is 12.0. The number of amides is 1. The van der Waals surface area contributed by atoms with Crippen LogP contribution in [0.15, 0.2) is 0 Å². The lowest BCUT2D eigenvalue weighted by Gasteiger charge is -2.34. The van der Waals surface area contributed by atoms with Gasteiger partial charge >= 0.3 is 6.09 Å². The molecule has 0 radical (unpaired) electrons. The van der Waals surface area contributed by atoms with E-state index in [9.17, 15) is 4.79 Å². The Bertz CT molecular complexity index is 309. The van der Waals surface area contributed by atoms with Crippen LogP contribution in [0.5, 0.6) is 0 Å². The lowest BCUT2D eigenvalue weighted by Crippen LogP contribution is -2.43. The van der Waals surface area contributed by atoms with Gasteiger partial charge in [0.1, 0.15) is 11.7 Å². The molecular weight excluding hydrogens is 246 g/mol. The van der Waals surface area contributed by atoms with Crippen LogP contribution in [0.2, 0.25) is 0 Å². The Hall–Kier alpha value is -0.810. The summed E-state index contributed by atoms with van der Waals surface area (Å²) in [6.45, 7) is 9.43. The molecule has 1 amide bonds. The van der Waals surface area contributed by atoms with E-state index in [4.69, 9.17) is 14.2 Å². The first-order valence-corrected chi connectivity index (χ1v) is 7.11. The van der Waals surface area contributed by atoms with Crippen molar-refractivity contribution in [2.24, 2.45) is 5.92 Å². The highest BCUT2D eigenvalue weighted by atomic mass is 16.6. The Morgan fingerprint density at radius 2 is 2.11 bits per heavy atom. The fourth-order valence-corrected chi connectivity index (χ4v) is 2.22. The number of hydrogen-bond acceptors (Lipinski definition) is 4. The monoisotopic (exact) mass is 271 g/mol. The van der Waals surface area contributed by atoms with Gasteiger partial charge in [-0.3, -0.25) is 0 Å². The van der Waals surface area contributed by atoms with E-state index in [2.05, 4.69) is 0 Å². The van der Waals surface area contributed by atoms with Gasteiger partial charge in [0, 0.05) is 19.0 Å². The third-order valence-electron chi connectivity index (χ3n) is 3.23. The van der Waals surface area contributed by atoms with Gasteiger partial charge in [-0.05, 0) is 33.6 Å². The predicted octanol–water partition coefficient (Wildman–Crippen LogP) is 2.05. The van der Waals surface area contributed by atoms with Gasteiger partial charge < -0.3 is 19.1 Å². The summed E-state index contributed by atoms with van der Waals surface area (Å²) < 4.78 is 16.1. The van der Waals surface area contributed by atoms with Gasteiger partial charge in [0.2, 0.25) is 0 Å². The molecule has 0 aromatic heterocycles. The normalized spacial score (nSPS) is 27.2. The lowest BCUT2D eigenvalue weighted by atomic mass is 9.99. The van der Waals surface area contributed by atoms with Crippen molar-refractivity contribution < 1.29 is 19.0 Å². The maximum Gasteiger partial charge on any atom is 0.410 e. The molecule has 0 unspecified atom stereocenters. The second kappa shape index (κ2) is 6.09. The Labute approximate surface area is 115 Å². The van der Waals surface area contributed by atoms with Crippen LogP contribution in [0.3, 0.4) is 0 Å². The molecule has 5 nitrogen and oxygen atoms in total. The summed E-state index contributed by atoms with van der Waals surface area (Å²) in [5.74, 6) is 0.417. The molecule has 2 atom stereocenters. The number of carbonyl (C=O) groups excluding carboxylic acids is 1. The van der Waals surface area contributed by atoms with Crippen LogP contribution >= 0.6 is 0 Å². The summed E-state index contributed by atoms with van der Waals surface area (Å²) in [7, 11) is 0. The number of hydrogen-bond donors (Lipinski definition) is 0. The first-order chi connectivity index (χ1) is 8.94. The zero-order valence-electron chi connectivity index (χ0n) is 12.2. The van der Waals surface area contributed by atoms with Gasteiger partial charge in [-0.25, -0.2) is 4.79 Å². The third-order valence-corrected chi connectivity index (χ3v) is 3.23. The first kappa shape index (κ1) is 14.6. The van der Waals surface area contributed by atoms with Crippen molar-refractivity contribution in [3.05, 3.63) is 0 Å². The molecule has 0 spiro atoms. The van der Waals surface area contributed by atoms with E-state index in [1.165, 1.54) is 0 Å². The van der Waals surface area contributed by atoms with Crippen molar-refractivity contribution in [1.82, 2.24) is 4.90 Å². The molecule has 2 aliphatic heterocycles. The van der Waals surface area contributed by atoms with E-state index >= 15 is 0 Å². The second-order valence-corrected chi connectivity index (χ2v) is 6.43. The van der Waals surface area contributed by atoms with Crippen LogP contribution < -0.4 is 0 Å². The van der Waals surface area contributed by atoms with Gasteiger partial charge in [-0.15, -0.1) is 0 Å². The van der Waals surface area contributed by atoms with Crippen molar-refractivity contribution in [1.29, 1.82) is 0 Å². The Balaban J connectivity index is 1.70. The molecular formula is C14H25NO4. The number of carbonyl (C=O) groups is 1. The van der Waals surface area contributed by atoms with Crippen molar-refractivity contribution in [3.63, 3.8) is 0 Å². The standard InChI is InChI=1S/C14H25NO4/c1-14(2,3)19-13(16)15-6-4-5-11(7-15)8-17-9-12-10-18-12/h11-12H,4-10H2,1-3H3/t11-,12+/m1/s1. The van der Waals surface area contributed by atoms with E-state index in [-0.39, 0.29) is 6.09 Å². The molecule has 0 aliphatic carbocycles. The largest absolute Gasteiger partial charge is 0.444 e. The molecule has 2 heterocycles. The van der Waals surface area contributed by atoms with Gasteiger partial charge in [0.05, 0.1) is 19.8 Å². The van der Waals surface area contributed by atoms with E-state index in [0.717, 1.165) is 32.5 Å². The van der Waals surface area contributed by atoms with Crippen LogP contribution in [0.4, 0.5) is 4.79 Å². The Kier molecular flexibility index (Phi) is 4.68. The number of epoxide rings is 1. The number of rotatable bonds is 4. The zero-order valence-corrected chi connectivity index (χ0v) is 12.2. The first-order valence-electron chi connectivity index (χ1n) is 7.11. The molecule has 0 aromatic rings. The van der Waals surface area contributed by atoms with E-state index < -0.39 is 5.60 Å². The Morgan fingerprint density at radius 3 is 2.74 bits per heavy atom. The highest BCUT2D eigenvalue weighted by Crippen LogP contribution is 2.20. The van der Waals surface area contributed by atoms with Crippen LogP contribution in [0.25, 0.3) is 0 Å². The fraction of sp³-hybridized carbons (Fsp3) is 0.929. The molecule has 0 N–H and O–H groups in total. The van der Waals surface area contributed by atoms with Crippen LogP contribution in [0.1, 0.15) is 33.6 Å². The van der Waals surface area contributed by atoms with Crippen LogP contribution in [0, 0.1) is 5.92 Å². The lowest BCUT2D eigenvalue weighted by molar-refractivity contribution is 0.00644. The van der Waals surface area contributed by atoms with Crippen molar-refractivity contribution in [2.75, 3.05) is 32.9 Å². The predicted molar refractivity (Wildman–Crippen MR) is 71.1 cm³/mol. The number of likely N-dealkylation sites (tertiary alicyclic amines) is 1. The summed E-state index contributed by atoms with van der Waals surface area (Å²) in [6.07, 6.45) is 2.24. The van der Waals surface area contributed by atoms with Crippen LogP contribution in [-0.4, -0.2) is 55.6 Å². The summed E-state index contributed by atoms with van der Waals surface area (Å²) in [5.41, 5.74) is -0.427. The van der Waals surface area contributed by atoms with Crippen molar-refractivity contribution in [2.45, 2.75) is 45.3 Å². The minimum absolute atomic E-state index is 0.206. The number of nitrogens with zero attached hydrogens (tertiary/aromatic N) is 1. The summed E-state index contributed by atoms with van der Waals surface area (Å²) in [6, 6.07) is 0. The smallest absolute Gasteiger partial charge is 0.410 e. The molecule has 5 heteroatoms. The molecule has 19 heavy (non-hydrogen) atoms. The van der Waals surface area contributed by atoms with Crippen molar-refractivity contribution in [3.8, 4) is 0 Å². The zero-order chi connectivity index (χ0) is 13.9. The number of ether oxygens (including phenoxy) is 3. The van der Waals surface area contributed by atoms with Gasteiger partial charge in [-0.2, -0.15) is 0 Å². The molecule has 110 valence electrons. The second-order valence-electron chi connectivity index (χ2n) is 6.43. The highest BCUT2D eigenvalue weighted by molar-refractivity contribution is 5.68. The van der Waals surface area contributed by atoms with E-state index in [1.807, 2.05) is 20.8 Å². The fourth-order valence-electron chi connectivity index (χ4n) is 2.22. The van der Waals surface area contributed by atoms with Gasteiger partial charge in [0.25, 0.3) is 0 Å². The SMILES string of the molecule is CC(C)(C)OC(=O)N1CCC[C@@H](COC[C@H]2CO2)C1. The quantitative estimate of drug-likeness (QED) is 0.734. The highest BCUT2D eigenvalue weighted by Gasteiger charge is 2.28. The molecule has 2 rings (SSSR count). The van der Waals surface area contributed by atoms with Gasteiger partial charge in [-0.1, -0.05) is 0 Å². The molecule has 0 bridgehead atoms. The Morgan fingerprint density at radius 1 is 1.37 bits per heavy atom. The minimum Gasteiger partial charge on any atom is -0.444 e. The maximum absolute atomic E-state index is 12.0. The summed E-state index contributed by atoms with van der Waals surface area (Å²) in [4.78, 5) is 13.8. The molecule has 0 aromatic carbocycles. The summed E-state index contributed by atoms with van der Waals surface area (Å²) >= 11 is 0. The van der Waals surface area contributed by atoms with Crippen molar-refractivity contribution >= 4 is 6.09 Å². The van der Waals surface area contributed by atoms with Gasteiger partial charge in [0.15, 0.2) is 0 Å². The van der Waals surface area contributed by atoms with E-state index in [1.54, 1.807) is 4.90 Å². The minimum atomic E-state index is -0.427. The molecule has 2 fully saturated rings. The van der Waals surface area contributed by atoms with E-state index in [0.29, 0.717) is 25.2 Å². The topological polar surface area (TPSA) is 51.3 Å². The third kappa shape index (κ3) is 5.37. The van der Waals surface area contributed by atoms with Crippen LogP contribution in [-0.2, 0) is 14.2 Å². The summed E-state index contributed by atoms with van der Waals surface area (Å²) in [5, 5.41) is 0. The molecule has 2 aliphatic rings. The average Bonchev–Trinajstić information content (AvgIpc) is 3.11. The molecule has 2 saturated heterocycles.